The molecule has 1 amide bonds. The number of carbonyl (C=O) groups excluding carboxylic acids is 1. The Morgan fingerprint density at radius 1 is 1.10 bits per heavy atom. The average Bonchev–Trinajstić information content (AvgIpc) is 3.57. The van der Waals surface area contributed by atoms with Gasteiger partial charge >= 0.3 is 0 Å². The molecule has 0 aliphatic carbocycles. The fourth-order valence-electron chi connectivity index (χ4n) is 7.93. The van der Waals surface area contributed by atoms with Gasteiger partial charge < -0.3 is 24.6 Å². The number of aromatic amines is 1. The number of carbonyl (C=O) groups is 1. The summed E-state index contributed by atoms with van der Waals surface area (Å²) in [5.74, 6) is -0.633. The van der Waals surface area contributed by atoms with E-state index in [4.69, 9.17) is 9.97 Å². The maximum atomic E-state index is 16.9. The average molecular weight is 692 g/mol. The van der Waals surface area contributed by atoms with Crippen molar-refractivity contribution in [3.8, 4) is 16.9 Å². The molecule has 1 saturated heterocycles. The fraction of sp³-hybridized carbons (Fsp3) is 0.410. The third kappa shape index (κ3) is 5.75. The van der Waals surface area contributed by atoms with Gasteiger partial charge in [-0.3, -0.25) is 19.1 Å². The van der Waals surface area contributed by atoms with Crippen molar-refractivity contribution in [2.24, 2.45) is 0 Å². The molecule has 0 saturated carbocycles. The Bertz CT molecular complexity index is 2240. The molecule has 2 aliphatic rings. The Balaban J connectivity index is 1.58. The number of nitrogens with one attached hydrogen (secondary N) is 1. The summed E-state index contributed by atoms with van der Waals surface area (Å²) < 4.78 is 18.6. The second-order valence-electron chi connectivity index (χ2n) is 14.6. The Hall–Kier alpha value is -5.10. The van der Waals surface area contributed by atoms with E-state index in [0.29, 0.717) is 65.4 Å². The molecule has 0 bridgehead atoms. The third-order valence-corrected chi connectivity index (χ3v) is 10.4. The number of hydrogen-bond donors (Lipinski definition) is 1. The summed E-state index contributed by atoms with van der Waals surface area (Å²) in [5.41, 5.74) is 6.49. The molecule has 266 valence electrons. The smallest absolute Gasteiger partial charge is 0.282 e. The molecule has 1 N–H and O–H groups in total. The lowest BCUT2D eigenvalue weighted by atomic mass is 9.97. The van der Waals surface area contributed by atoms with Gasteiger partial charge in [0.1, 0.15) is 17.2 Å². The predicted molar refractivity (Wildman–Crippen MR) is 202 cm³/mol. The minimum atomic E-state index is -0.504. The summed E-state index contributed by atoms with van der Waals surface area (Å²) in [4.78, 5) is 54.3. The summed E-state index contributed by atoms with van der Waals surface area (Å²) in [6.07, 6.45) is 5.53. The van der Waals surface area contributed by atoms with Gasteiger partial charge in [-0.05, 0) is 89.2 Å². The van der Waals surface area contributed by atoms with Crippen molar-refractivity contribution < 1.29 is 9.18 Å². The number of amides is 1. The third-order valence-electron chi connectivity index (χ3n) is 10.4. The van der Waals surface area contributed by atoms with E-state index in [9.17, 15) is 4.79 Å². The molecular formula is C39H46FN9O2. The molecule has 2 unspecified atom stereocenters. The first-order valence-corrected chi connectivity index (χ1v) is 17.7. The molecule has 5 aromatic rings. The van der Waals surface area contributed by atoms with E-state index in [2.05, 4.69) is 45.1 Å². The van der Waals surface area contributed by atoms with E-state index in [1.165, 1.54) is 6.08 Å². The molecule has 2 atom stereocenters. The van der Waals surface area contributed by atoms with Gasteiger partial charge in [-0.1, -0.05) is 26.5 Å². The van der Waals surface area contributed by atoms with E-state index in [1.54, 1.807) is 23.2 Å². The number of pyridine rings is 3. The van der Waals surface area contributed by atoms with Crippen LogP contribution in [-0.4, -0.2) is 99.1 Å². The van der Waals surface area contributed by atoms with Gasteiger partial charge in [0.15, 0.2) is 5.65 Å². The molecular weight excluding hydrogens is 645 g/mol. The van der Waals surface area contributed by atoms with Crippen LogP contribution in [0.15, 0.2) is 54.2 Å². The van der Waals surface area contributed by atoms with Crippen molar-refractivity contribution >= 4 is 39.3 Å². The van der Waals surface area contributed by atoms with Gasteiger partial charge in [0.2, 0.25) is 5.91 Å². The minimum Gasteiger partial charge on any atom is -0.363 e. The van der Waals surface area contributed by atoms with Gasteiger partial charge in [-0.25, -0.2) is 14.4 Å². The van der Waals surface area contributed by atoms with Crippen LogP contribution >= 0.6 is 0 Å². The number of H-pyrrole nitrogens is 1. The van der Waals surface area contributed by atoms with Gasteiger partial charge in [0.25, 0.3) is 5.56 Å². The van der Waals surface area contributed by atoms with Crippen LogP contribution in [0, 0.1) is 19.7 Å². The Morgan fingerprint density at radius 3 is 2.61 bits per heavy atom. The van der Waals surface area contributed by atoms with Crippen LogP contribution < -0.4 is 15.4 Å². The number of aromatic nitrogens is 5. The highest BCUT2D eigenvalue weighted by molar-refractivity contribution is 6.02. The lowest BCUT2D eigenvalue weighted by Gasteiger charge is -2.51. The highest BCUT2D eigenvalue weighted by atomic mass is 19.1. The number of benzene rings is 1. The van der Waals surface area contributed by atoms with E-state index >= 15 is 9.18 Å². The first kappa shape index (κ1) is 34.4. The van der Waals surface area contributed by atoms with Crippen molar-refractivity contribution in [3.63, 3.8) is 0 Å². The number of anilines is 2. The zero-order valence-corrected chi connectivity index (χ0v) is 30.5. The molecule has 51 heavy (non-hydrogen) atoms. The van der Waals surface area contributed by atoms with Crippen molar-refractivity contribution in [1.82, 2.24) is 34.3 Å². The largest absolute Gasteiger partial charge is 0.363 e. The maximum Gasteiger partial charge on any atom is 0.282 e. The number of fused-ring (bicyclic) bond motifs is 6. The van der Waals surface area contributed by atoms with Crippen LogP contribution in [0.3, 0.4) is 0 Å². The van der Waals surface area contributed by atoms with Crippen LogP contribution in [0.4, 0.5) is 15.8 Å². The zero-order chi connectivity index (χ0) is 36.3. The van der Waals surface area contributed by atoms with Gasteiger partial charge in [-0.15, -0.1) is 0 Å². The number of nitrogens with zero attached hydrogens (tertiary/aromatic N) is 8. The number of piperazine rings is 1. The molecule has 1 aromatic carbocycles. The van der Waals surface area contributed by atoms with E-state index in [0.717, 1.165) is 35.3 Å². The summed E-state index contributed by atoms with van der Waals surface area (Å²) >= 11 is 0. The molecule has 12 heteroatoms. The Kier molecular flexibility index (Phi) is 8.91. The summed E-state index contributed by atoms with van der Waals surface area (Å²) in [7, 11) is 4.06. The van der Waals surface area contributed by atoms with Crippen molar-refractivity contribution in [2.45, 2.75) is 59.0 Å². The normalized spacial score (nSPS) is 17.5. The SMILES string of the molecule is C=CC(=O)N1CC2CN(CCCN(C)C)c3c(c4cc(F)c(-c5c(C)ccc6[nH]cnc56)nc4n(-c4c(C)ccnc4C(C)C)c3=O)N2CC1C. The van der Waals surface area contributed by atoms with Crippen LogP contribution in [0.2, 0.25) is 0 Å². The van der Waals surface area contributed by atoms with Crippen molar-refractivity contribution in [1.29, 1.82) is 0 Å². The molecule has 11 nitrogen and oxygen atoms in total. The number of rotatable bonds is 8. The molecule has 6 heterocycles. The maximum absolute atomic E-state index is 16.9. The topological polar surface area (TPSA) is 106 Å². The quantitative estimate of drug-likeness (QED) is 0.211. The number of halogens is 1. The Labute approximate surface area is 297 Å². The van der Waals surface area contributed by atoms with E-state index in [-0.39, 0.29) is 35.2 Å². The van der Waals surface area contributed by atoms with Gasteiger partial charge in [-0.2, -0.15) is 0 Å². The lowest BCUT2D eigenvalue weighted by molar-refractivity contribution is -0.128. The van der Waals surface area contributed by atoms with Gasteiger partial charge in [0.05, 0.1) is 40.5 Å². The summed E-state index contributed by atoms with van der Waals surface area (Å²) in [6.45, 7) is 16.6. The zero-order valence-electron chi connectivity index (χ0n) is 30.5. The van der Waals surface area contributed by atoms with E-state index in [1.807, 2.05) is 58.0 Å². The first-order chi connectivity index (χ1) is 24.4. The second-order valence-corrected chi connectivity index (χ2v) is 14.6. The summed E-state index contributed by atoms with van der Waals surface area (Å²) in [5, 5.41) is 0.536. The minimum absolute atomic E-state index is 0.00486. The molecule has 4 aromatic heterocycles. The summed E-state index contributed by atoms with van der Waals surface area (Å²) in [6, 6.07) is 6.99. The molecule has 0 radical (unpaired) electrons. The lowest BCUT2D eigenvalue weighted by Crippen LogP contribution is -2.64. The van der Waals surface area contributed by atoms with Crippen molar-refractivity contribution in [3.05, 3.63) is 82.4 Å². The van der Waals surface area contributed by atoms with Gasteiger partial charge in [0, 0.05) is 49.4 Å². The van der Waals surface area contributed by atoms with Crippen LogP contribution in [-0.2, 0) is 4.79 Å². The van der Waals surface area contributed by atoms with E-state index < -0.39 is 5.82 Å². The standard InChI is InChI=1S/C39H46FN9O2/c1-9-30(50)47-20-26-19-46(16-10-15-45(7)8)37-36(48(26)18-25(47)6)27-17-28(40)33(31-23(4)11-12-29-34(31)43-21-42-29)44-38(27)49(39(37)51)35-24(5)13-14-41-32(35)22(2)3/h9,11-14,17,21-22,25-26H,1,10,15-16,18-20H2,2-8H3,(H,42,43). The monoisotopic (exact) mass is 691 g/mol. The van der Waals surface area contributed by atoms with Crippen LogP contribution in [0.25, 0.3) is 39.0 Å². The molecule has 1 fully saturated rings. The van der Waals surface area contributed by atoms with Crippen LogP contribution in [0.1, 0.15) is 49.9 Å². The van der Waals surface area contributed by atoms with Crippen molar-refractivity contribution in [2.75, 3.05) is 56.6 Å². The number of aryl methyl sites for hydroxylation is 2. The van der Waals surface area contributed by atoms with Crippen LogP contribution in [0.5, 0.6) is 0 Å². The highest BCUT2D eigenvalue weighted by Crippen LogP contribution is 2.43. The first-order valence-electron chi connectivity index (χ1n) is 17.7. The number of imidazole rings is 1. The predicted octanol–water partition coefficient (Wildman–Crippen LogP) is 5.57. The highest BCUT2D eigenvalue weighted by Gasteiger charge is 2.42. The number of hydrogen-bond acceptors (Lipinski definition) is 8. The Morgan fingerprint density at radius 2 is 1.88 bits per heavy atom. The molecule has 7 rings (SSSR count). The fourth-order valence-corrected chi connectivity index (χ4v) is 7.93. The second kappa shape index (κ2) is 13.2. The molecule has 2 aliphatic heterocycles. The molecule has 0 spiro atoms.